The Morgan fingerprint density at radius 1 is 1.53 bits per heavy atom. The fourth-order valence-electron chi connectivity index (χ4n) is 1.81. The first-order valence-electron chi connectivity index (χ1n) is 5.23. The van der Waals surface area contributed by atoms with E-state index in [9.17, 15) is 5.11 Å². The SMILES string of the molecule is COc1cc(C(O)CN)c(Cl)c2cc(C)oc12. The number of ether oxygens (including phenoxy) is 1. The van der Waals surface area contributed by atoms with E-state index in [4.69, 9.17) is 26.5 Å². The van der Waals surface area contributed by atoms with Gasteiger partial charge in [-0.05, 0) is 19.1 Å². The molecule has 0 saturated heterocycles. The van der Waals surface area contributed by atoms with Crippen LogP contribution in [0.2, 0.25) is 5.02 Å². The molecule has 5 heteroatoms. The molecule has 1 atom stereocenters. The number of halogens is 1. The zero-order valence-electron chi connectivity index (χ0n) is 9.66. The molecule has 4 nitrogen and oxygen atoms in total. The number of hydrogen-bond donors (Lipinski definition) is 2. The number of benzene rings is 1. The van der Waals surface area contributed by atoms with Crippen molar-refractivity contribution in [3.63, 3.8) is 0 Å². The highest BCUT2D eigenvalue weighted by atomic mass is 35.5. The average Bonchev–Trinajstić information content (AvgIpc) is 2.71. The first kappa shape index (κ1) is 12.2. The van der Waals surface area contributed by atoms with Crippen molar-refractivity contribution in [1.82, 2.24) is 0 Å². The summed E-state index contributed by atoms with van der Waals surface area (Å²) < 4.78 is 10.7. The van der Waals surface area contributed by atoms with Gasteiger partial charge in [-0.1, -0.05) is 11.6 Å². The molecule has 0 bridgehead atoms. The van der Waals surface area contributed by atoms with Gasteiger partial charge < -0.3 is 20.0 Å². The summed E-state index contributed by atoms with van der Waals surface area (Å²) in [5.74, 6) is 1.28. The van der Waals surface area contributed by atoms with E-state index >= 15 is 0 Å². The van der Waals surface area contributed by atoms with Gasteiger partial charge in [-0.3, -0.25) is 0 Å². The third-order valence-electron chi connectivity index (χ3n) is 2.66. The molecule has 2 aromatic rings. The summed E-state index contributed by atoms with van der Waals surface area (Å²) in [5.41, 5.74) is 6.58. The highest BCUT2D eigenvalue weighted by Crippen LogP contribution is 2.38. The van der Waals surface area contributed by atoms with Gasteiger partial charge in [-0.15, -0.1) is 0 Å². The Morgan fingerprint density at radius 2 is 2.24 bits per heavy atom. The fraction of sp³-hybridized carbons (Fsp3) is 0.333. The third kappa shape index (κ3) is 1.99. The van der Waals surface area contributed by atoms with Crippen LogP contribution in [0.3, 0.4) is 0 Å². The van der Waals surface area contributed by atoms with Crippen molar-refractivity contribution in [1.29, 1.82) is 0 Å². The minimum atomic E-state index is -0.809. The standard InChI is InChI=1S/C12H14ClNO3/c1-6-3-8-11(13)7(9(15)5-14)4-10(16-2)12(8)17-6/h3-4,9,15H,5,14H2,1-2H3. The summed E-state index contributed by atoms with van der Waals surface area (Å²) in [6.07, 6.45) is -0.809. The van der Waals surface area contributed by atoms with Crippen LogP contribution in [0.25, 0.3) is 11.0 Å². The highest BCUT2D eigenvalue weighted by Gasteiger charge is 2.19. The van der Waals surface area contributed by atoms with Gasteiger partial charge in [0.2, 0.25) is 0 Å². The Hall–Kier alpha value is -1.23. The molecule has 0 spiro atoms. The molecule has 3 N–H and O–H groups in total. The van der Waals surface area contributed by atoms with Crippen molar-refractivity contribution in [3.05, 3.63) is 28.5 Å². The zero-order chi connectivity index (χ0) is 12.6. The van der Waals surface area contributed by atoms with E-state index in [0.717, 1.165) is 11.1 Å². The van der Waals surface area contributed by atoms with Crippen LogP contribution in [0.15, 0.2) is 16.5 Å². The summed E-state index contributed by atoms with van der Waals surface area (Å²) in [4.78, 5) is 0. The summed E-state index contributed by atoms with van der Waals surface area (Å²) >= 11 is 6.23. The van der Waals surface area contributed by atoms with Gasteiger partial charge in [0.05, 0.1) is 18.2 Å². The van der Waals surface area contributed by atoms with Crippen molar-refractivity contribution < 1.29 is 14.3 Å². The van der Waals surface area contributed by atoms with Gasteiger partial charge in [0.1, 0.15) is 5.76 Å². The maximum Gasteiger partial charge on any atom is 0.177 e. The summed E-state index contributed by atoms with van der Waals surface area (Å²) in [6.45, 7) is 1.93. The Balaban J connectivity index is 2.75. The molecule has 92 valence electrons. The predicted octanol–water partition coefficient (Wildman–Crippen LogP) is 2.40. The number of nitrogens with two attached hydrogens (primary N) is 1. The van der Waals surface area contributed by atoms with Gasteiger partial charge in [0.25, 0.3) is 0 Å². The second-order valence-electron chi connectivity index (χ2n) is 3.83. The smallest absolute Gasteiger partial charge is 0.177 e. The molecule has 0 aliphatic heterocycles. The summed E-state index contributed by atoms with van der Waals surface area (Å²) in [7, 11) is 1.54. The molecular weight excluding hydrogens is 242 g/mol. The molecule has 0 radical (unpaired) electrons. The van der Waals surface area contributed by atoms with Crippen LogP contribution < -0.4 is 10.5 Å². The number of furan rings is 1. The molecule has 1 heterocycles. The molecule has 0 fully saturated rings. The van der Waals surface area contributed by atoms with Gasteiger partial charge >= 0.3 is 0 Å². The zero-order valence-corrected chi connectivity index (χ0v) is 10.4. The fourth-order valence-corrected chi connectivity index (χ4v) is 2.13. The minimum Gasteiger partial charge on any atom is -0.493 e. The van der Waals surface area contributed by atoms with Crippen molar-refractivity contribution >= 4 is 22.6 Å². The van der Waals surface area contributed by atoms with Crippen molar-refractivity contribution in [2.45, 2.75) is 13.0 Å². The minimum absolute atomic E-state index is 0.102. The molecular formula is C12H14ClNO3. The molecule has 0 aliphatic carbocycles. The second-order valence-corrected chi connectivity index (χ2v) is 4.21. The van der Waals surface area contributed by atoms with Crippen LogP contribution in [0.1, 0.15) is 17.4 Å². The van der Waals surface area contributed by atoms with Crippen LogP contribution in [0.4, 0.5) is 0 Å². The van der Waals surface area contributed by atoms with Gasteiger partial charge in [-0.2, -0.15) is 0 Å². The van der Waals surface area contributed by atoms with E-state index in [0.29, 0.717) is 21.9 Å². The topological polar surface area (TPSA) is 68.6 Å². The van der Waals surface area contributed by atoms with Crippen LogP contribution in [0, 0.1) is 6.92 Å². The number of aryl methyl sites for hydroxylation is 1. The van der Waals surface area contributed by atoms with Crippen LogP contribution in [-0.2, 0) is 0 Å². The van der Waals surface area contributed by atoms with E-state index in [1.165, 1.54) is 0 Å². The summed E-state index contributed by atoms with van der Waals surface area (Å²) in [5, 5.41) is 11.0. The molecule has 0 aliphatic rings. The Bertz CT molecular complexity index is 550. The van der Waals surface area contributed by atoms with E-state index in [1.54, 1.807) is 13.2 Å². The monoisotopic (exact) mass is 255 g/mol. The normalized spacial score (nSPS) is 13.0. The lowest BCUT2D eigenvalue weighted by Crippen LogP contribution is -2.12. The maximum absolute atomic E-state index is 9.80. The molecule has 1 aromatic heterocycles. The van der Waals surface area contributed by atoms with Crippen LogP contribution in [-0.4, -0.2) is 18.8 Å². The second kappa shape index (κ2) is 4.56. The van der Waals surface area contributed by atoms with Crippen molar-refractivity contribution in [2.75, 3.05) is 13.7 Å². The molecule has 2 rings (SSSR count). The Morgan fingerprint density at radius 3 is 2.82 bits per heavy atom. The van der Waals surface area contributed by atoms with E-state index in [-0.39, 0.29) is 6.54 Å². The van der Waals surface area contributed by atoms with E-state index in [2.05, 4.69) is 0 Å². The van der Waals surface area contributed by atoms with Crippen molar-refractivity contribution in [2.24, 2.45) is 5.73 Å². The van der Waals surface area contributed by atoms with Gasteiger partial charge in [0, 0.05) is 17.5 Å². The van der Waals surface area contributed by atoms with Crippen LogP contribution >= 0.6 is 11.6 Å². The van der Waals surface area contributed by atoms with Gasteiger partial charge in [-0.25, -0.2) is 0 Å². The Kier molecular flexibility index (Phi) is 3.28. The molecule has 1 unspecified atom stereocenters. The lowest BCUT2D eigenvalue weighted by molar-refractivity contribution is 0.186. The summed E-state index contributed by atoms with van der Waals surface area (Å²) in [6, 6.07) is 3.47. The molecule has 17 heavy (non-hydrogen) atoms. The average molecular weight is 256 g/mol. The lowest BCUT2D eigenvalue weighted by atomic mass is 10.1. The van der Waals surface area contributed by atoms with E-state index < -0.39 is 6.10 Å². The van der Waals surface area contributed by atoms with Crippen molar-refractivity contribution in [3.8, 4) is 5.75 Å². The predicted molar refractivity (Wildman–Crippen MR) is 66.5 cm³/mol. The molecule has 0 amide bonds. The number of aliphatic hydroxyl groups excluding tert-OH is 1. The van der Waals surface area contributed by atoms with Gasteiger partial charge in [0.15, 0.2) is 11.3 Å². The number of rotatable bonds is 3. The first-order valence-corrected chi connectivity index (χ1v) is 5.61. The molecule has 0 saturated carbocycles. The first-order chi connectivity index (χ1) is 8.08. The number of fused-ring (bicyclic) bond motifs is 1. The largest absolute Gasteiger partial charge is 0.493 e. The Labute approximate surface area is 104 Å². The number of aliphatic hydroxyl groups is 1. The van der Waals surface area contributed by atoms with Crippen LogP contribution in [0.5, 0.6) is 5.75 Å². The quantitative estimate of drug-likeness (QED) is 0.884. The number of methoxy groups -OCH3 is 1. The van der Waals surface area contributed by atoms with E-state index in [1.807, 2.05) is 13.0 Å². The maximum atomic E-state index is 9.80. The number of hydrogen-bond acceptors (Lipinski definition) is 4. The third-order valence-corrected chi connectivity index (χ3v) is 3.08. The molecule has 1 aromatic carbocycles. The highest BCUT2D eigenvalue weighted by molar-refractivity contribution is 6.36. The lowest BCUT2D eigenvalue weighted by Gasteiger charge is -2.12.